The van der Waals surface area contributed by atoms with Gasteiger partial charge in [0.1, 0.15) is 0 Å². The molecular formula is C8H20N2O3. The molecule has 5 nitrogen and oxygen atoms in total. The molecule has 0 atom stereocenters. The molecule has 0 heterocycles. The zero-order valence-electron chi connectivity index (χ0n) is 8.41. The van der Waals surface area contributed by atoms with Crippen LogP contribution in [-0.4, -0.2) is 38.6 Å². The van der Waals surface area contributed by atoms with E-state index in [1.165, 1.54) is 0 Å². The van der Waals surface area contributed by atoms with Gasteiger partial charge < -0.3 is 20.0 Å². The Morgan fingerprint density at radius 1 is 1.00 bits per heavy atom. The van der Waals surface area contributed by atoms with Gasteiger partial charge in [0.2, 0.25) is 0 Å². The highest BCUT2D eigenvalue weighted by Gasteiger charge is 2.09. The first-order valence-electron chi connectivity index (χ1n) is 4.32. The van der Waals surface area contributed by atoms with Crippen molar-refractivity contribution in [3.8, 4) is 0 Å². The van der Waals surface area contributed by atoms with Gasteiger partial charge in [-0.1, -0.05) is 0 Å². The number of ether oxygens (including phenoxy) is 2. The van der Waals surface area contributed by atoms with E-state index in [0.717, 1.165) is 0 Å². The van der Waals surface area contributed by atoms with E-state index >= 15 is 0 Å². The quantitative estimate of drug-likeness (QED) is 0.406. The molecule has 0 bridgehead atoms. The molecule has 0 saturated heterocycles. The van der Waals surface area contributed by atoms with Crippen molar-refractivity contribution in [2.24, 2.45) is 11.6 Å². The molecule has 0 rings (SSSR count). The largest absolute Gasteiger partial charge is 0.377 e. The van der Waals surface area contributed by atoms with Crippen molar-refractivity contribution in [3.05, 3.63) is 0 Å². The lowest BCUT2D eigenvalue weighted by molar-refractivity contribution is 0.00661. The molecular weight excluding hydrogens is 172 g/mol. The van der Waals surface area contributed by atoms with Crippen LogP contribution in [0.25, 0.3) is 0 Å². The lowest BCUT2D eigenvalue weighted by atomic mass is 10.1. The predicted molar refractivity (Wildman–Crippen MR) is 50.0 cm³/mol. The van der Waals surface area contributed by atoms with E-state index in [4.69, 9.17) is 21.1 Å². The first-order chi connectivity index (χ1) is 6.06. The second kappa shape index (κ2) is 7.23. The van der Waals surface area contributed by atoms with Crippen molar-refractivity contribution >= 4 is 0 Å². The summed E-state index contributed by atoms with van der Waals surface area (Å²) in [5.74, 6) is 4.80. The predicted octanol–water partition coefficient (Wildman–Crippen LogP) is -0.353. The Bertz CT molecular complexity index is 114. The number of rotatable bonds is 8. The highest BCUT2D eigenvalue weighted by molar-refractivity contribution is 4.69. The number of nitrogens with two attached hydrogens (primary N) is 2. The second-order valence-corrected chi connectivity index (χ2v) is 3.52. The Balaban J connectivity index is 3.00. The Morgan fingerprint density at radius 2 is 1.54 bits per heavy atom. The summed E-state index contributed by atoms with van der Waals surface area (Å²) >= 11 is 0. The molecule has 0 saturated carbocycles. The minimum Gasteiger partial charge on any atom is -0.377 e. The van der Waals surface area contributed by atoms with Gasteiger partial charge in [0.15, 0.2) is 0 Å². The van der Waals surface area contributed by atoms with Crippen molar-refractivity contribution in [1.82, 2.24) is 0 Å². The van der Waals surface area contributed by atoms with Gasteiger partial charge in [-0.25, -0.2) is 5.90 Å². The van der Waals surface area contributed by atoms with Gasteiger partial charge in [-0.3, -0.25) is 0 Å². The van der Waals surface area contributed by atoms with Crippen molar-refractivity contribution in [3.63, 3.8) is 0 Å². The lowest BCUT2D eigenvalue weighted by Crippen LogP contribution is -2.37. The van der Waals surface area contributed by atoms with E-state index < -0.39 is 0 Å². The fraction of sp³-hybridized carbons (Fsp3) is 1.00. The van der Waals surface area contributed by atoms with Crippen LogP contribution in [0.1, 0.15) is 13.8 Å². The fourth-order valence-electron chi connectivity index (χ4n) is 0.662. The molecule has 0 aromatic rings. The summed E-state index contributed by atoms with van der Waals surface area (Å²) < 4.78 is 10.4. The van der Waals surface area contributed by atoms with Crippen LogP contribution < -0.4 is 11.6 Å². The first kappa shape index (κ1) is 12.8. The lowest BCUT2D eigenvalue weighted by Gasteiger charge is -2.17. The third-order valence-corrected chi connectivity index (χ3v) is 1.19. The van der Waals surface area contributed by atoms with E-state index in [-0.39, 0.29) is 5.54 Å². The van der Waals surface area contributed by atoms with Gasteiger partial charge in [0.25, 0.3) is 0 Å². The van der Waals surface area contributed by atoms with Crippen LogP contribution >= 0.6 is 0 Å². The van der Waals surface area contributed by atoms with Crippen LogP contribution in [0.4, 0.5) is 0 Å². The van der Waals surface area contributed by atoms with Crippen molar-refractivity contribution in [2.75, 3.05) is 33.0 Å². The zero-order chi connectivity index (χ0) is 10.2. The summed E-state index contributed by atoms with van der Waals surface area (Å²) in [5.41, 5.74) is 5.42. The monoisotopic (exact) mass is 192 g/mol. The van der Waals surface area contributed by atoms with Crippen LogP contribution in [0, 0.1) is 0 Å². The summed E-state index contributed by atoms with van der Waals surface area (Å²) in [6, 6.07) is 0. The average molecular weight is 192 g/mol. The maximum atomic E-state index is 5.70. The molecule has 0 aromatic carbocycles. The van der Waals surface area contributed by atoms with Crippen molar-refractivity contribution < 1.29 is 14.3 Å². The van der Waals surface area contributed by atoms with E-state index in [1.54, 1.807) is 0 Å². The normalized spacial score (nSPS) is 12.0. The number of hydrogen-bond acceptors (Lipinski definition) is 5. The van der Waals surface area contributed by atoms with E-state index in [1.807, 2.05) is 13.8 Å². The number of hydrogen-bond donors (Lipinski definition) is 2. The van der Waals surface area contributed by atoms with Crippen molar-refractivity contribution in [1.29, 1.82) is 0 Å². The van der Waals surface area contributed by atoms with E-state index in [0.29, 0.717) is 33.0 Å². The smallest absolute Gasteiger partial charge is 0.0913 e. The van der Waals surface area contributed by atoms with Gasteiger partial charge in [0.05, 0.1) is 33.0 Å². The van der Waals surface area contributed by atoms with Gasteiger partial charge >= 0.3 is 0 Å². The second-order valence-electron chi connectivity index (χ2n) is 3.52. The van der Waals surface area contributed by atoms with Crippen LogP contribution in [0.5, 0.6) is 0 Å². The minimum atomic E-state index is -0.277. The molecule has 4 N–H and O–H groups in total. The van der Waals surface area contributed by atoms with Crippen LogP contribution in [0.3, 0.4) is 0 Å². The molecule has 0 spiro atoms. The molecule has 0 aliphatic carbocycles. The molecule has 80 valence electrons. The summed E-state index contributed by atoms with van der Waals surface area (Å²) in [6.45, 7) is 6.34. The summed E-state index contributed by atoms with van der Waals surface area (Å²) in [6.07, 6.45) is 0. The average Bonchev–Trinajstić information content (AvgIpc) is 2.01. The van der Waals surface area contributed by atoms with E-state index in [9.17, 15) is 0 Å². The first-order valence-corrected chi connectivity index (χ1v) is 4.32. The Labute approximate surface area is 79.3 Å². The Hall–Kier alpha value is -0.200. The Kier molecular flexibility index (Phi) is 7.12. The molecule has 0 amide bonds. The summed E-state index contributed by atoms with van der Waals surface area (Å²) in [5, 5.41) is 0. The SMILES string of the molecule is CC(C)(N)COCCOCCON. The molecule has 0 fully saturated rings. The summed E-state index contributed by atoms with van der Waals surface area (Å²) in [7, 11) is 0. The molecule has 0 aromatic heterocycles. The molecule has 5 heteroatoms. The standard InChI is InChI=1S/C8H20N2O3/c1-8(2,9)7-12-4-3-11-5-6-13-10/h3-7,9-10H2,1-2H3. The topological polar surface area (TPSA) is 79.7 Å². The highest BCUT2D eigenvalue weighted by atomic mass is 16.6. The van der Waals surface area contributed by atoms with Crippen LogP contribution in [0.15, 0.2) is 0 Å². The van der Waals surface area contributed by atoms with Crippen LogP contribution in [0.2, 0.25) is 0 Å². The molecule has 0 aliphatic rings. The van der Waals surface area contributed by atoms with E-state index in [2.05, 4.69) is 4.84 Å². The molecule has 0 unspecified atom stereocenters. The third-order valence-electron chi connectivity index (χ3n) is 1.19. The maximum Gasteiger partial charge on any atom is 0.0913 e. The molecule has 0 radical (unpaired) electrons. The van der Waals surface area contributed by atoms with Crippen LogP contribution in [-0.2, 0) is 14.3 Å². The van der Waals surface area contributed by atoms with Gasteiger partial charge in [-0.05, 0) is 13.8 Å². The molecule has 0 aliphatic heterocycles. The third kappa shape index (κ3) is 11.8. The highest BCUT2D eigenvalue weighted by Crippen LogP contribution is 1.96. The zero-order valence-corrected chi connectivity index (χ0v) is 8.41. The molecule has 13 heavy (non-hydrogen) atoms. The Morgan fingerprint density at radius 3 is 2.08 bits per heavy atom. The van der Waals surface area contributed by atoms with Crippen molar-refractivity contribution in [2.45, 2.75) is 19.4 Å². The van der Waals surface area contributed by atoms with Gasteiger partial charge in [-0.15, -0.1) is 0 Å². The van der Waals surface area contributed by atoms with Gasteiger partial charge in [-0.2, -0.15) is 0 Å². The maximum absolute atomic E-state index is 5.70. The minimum absolute atomic E-state index is 0.277. The van der Waals surface area contributed by atoms with Gasteiger partial charge in [0, 0.05) is 5.54 Å². The summed E-state index contributed by atoms with van der Waals surface area (Å²) in [4.78, 5) is 4.32. The fourth-order valence-corrected chi connectivity index (χ4v) is 0.662.